The van der Waals surface area contributed by atoms with Crippen LogP contribution in [-0.2, 0) is 33.3 Å². The Morgan fingerprint density at radius 1 is 0.941 bits per heavy atom. The van der Waals surface area contributed by atoms with Crippen LogP contribution in [0, 0.1) is 0 Å². The van der Waals surface area contributed by atoms with Crippen molar-refractivity contribution in [1.82, 2.24) is 41.1 Å². The van der Waals surface area contributed by atoms with E-state index in [9.17, 15) is 27.6 Å². The lowest BCUT2D eigenvalue weighted by molar-refractivity contribution is -0.129. The number of carbonyl (C=O) groups is 4. The van der Waals surface area contributed by atoms with Crippen LogP contribution in [0.3, 0.4) is 0 Å². The molecule has 51 heavy (non-hydrogen) atoms. The van der Waals surface area contributed by atoms with E-state index in [2.05, 4.69) is 36.4 Å². The zero-order valence-corrected chi connectivity index (χ0v) is 30.5. The number of rotatable bonds is 16. The SMILES string of the molecule is CCNC(=O)[C@H](CC)NC(=O)[C@H](C)NC[C@H](Cc1ccccc1)NC(=O)c1cc(C(=O)NC(C)c2cnn(C)c2)cc(N2CCCNS2(=O)=O)c1. The van der Waals surface area contributed by atoms with E-state index in [0.717, 1.165) is 15.4 Å². The van der Waals surface area contributed by atoms with Crippen molar-refractivity contribution in [2.24, 2.45) is 7.05 Å². The zero-order valence-electron chi connectivity index (χ0n) is 29.7. The number of nitrogens with zero attached hydrogens (tertiary/aromatic N) is 3. The van der Waals surface area contributed by atoms with Crippen molar-refractivity contribution in [3.63, 3.8) is 0 Å². The quantitative estimate of drug-likeness (QED) is 0.127. The van der Waals surface area contributed by atoms with E-state index in [0.29, 0.717) is 25.8 Å². The first-order valence-electron chi connectivity index (χ1n) is 17.2. The second-order valence-electron chi connectivity index (χ2n) is 12.6. The van der Waals surface area contributed by atoms with Crippen molar-refractivity contribution in [2.75, 3.05) is 30.5 Å². The Morgan fingerprint density at radius 2 is 1.63 bits per heavy atom. The van der Waals surface area contributed by atoms with Gasteiger partial charge in [0.25, 0.3) is 11.8 Å². The predicted molar refractivity (Wildman–Crippen MR) is 194 cm³/mol. The lowest BCUT2D eigenvalue weighted by Gasteiger charge is -2.29. The third-order valence-corrected chi connectivity index (χ3v) is 10.1. The van der Waals surface area contributed by atoms with Crippen molar-refractivity contribution in [1.29, 1.82) is 0 Å². The normalized spacial score (nSPS) is 16.3. The molecule has 16 heteroatoms. The number of amides is 4. The molecule has 2 aromatic carbocycles. The van der Waals surface area contributed by atoms with Gasteiger partial charge in [-0.15, -0.1) is 0 Å². The molecule has 1 saturated heterocycles. The molecule has 3 aromatic rings. The van der Waals surface area contributed by atoms with Crippen LogP contribution in [0.2, 0.25) is 0 Å². The van der Waals surface area contributed by atoms with Gasteiger partial charge in [-0.2, -0.15) is 18.2 Å². The summed E-state index contributed by atoms with van der Waals surface area (Å²) in [5.74, 6) is -1.65. The van der Waals surface area contributed by atoms with Crippen LogP contribution in [0.1, 0.15) is 78.4 Å². The summed E-state index contributed by atoms with van der Waals surface area (Å²) in [5.41, 5.74) is 2.08. The lowest BCUT2D eigenvalue weighted by atomic mass is 10.0. The number of hydrogen-bond donors (Lipinski definition) is 6. The van der Waals surface area contributed by atoms with E-state index < -0.39 is 46.2 Å². The van der Waals surface area contributed by atoms with Crippen molar-refractivity contribution in [2.45, 2.75) is 71.1 Å². The summed E-state index contributed by atoms with van der Waals surface area (Å²) in [6, 6.07) is 11.6. The highest BCUT2D eigenvalue weighted by Gasteiger charge is 2.29. The molecular formula is C35H49N9O6S. The van der Waals surface area contributed by atoms with Gasteiger partial charge in [-0.1, -0.05) is 37.3 Å². The van der Waals surface area contributed by atoms with Crippen LogP contribution in [0.5, 0.6) is 0 Å². The number of carbonyl (C=O) groups excluding carboxylic acids is 4. The van der Waals surface area contributed by atoms with Gasteiger partial charge in [0, 0.05) is 62.2 Å². The fourth-order valence-electron chi connectivity index (χ4n) is 5.63. The van der Waals surface area contributed by atoms with E-state index in [1.54, 1.807) is 44.9 Å². The fraction of sp³-hybridized carbons (Fsp3) is 0.457. The number of nitrogens with one attached hydrogen (secondary N) is 6. The third-order valence-electron chi connectivity index (χ3n) is 8.53. The van der Waals surface area contributed by atoms with Crippen molar-refractivity contribution < 1.29 is 27.6 Å². The smallest absolute Gasteiger partial charge is 0.301 e. The minimum atomic E-state index is -3.90. The van der Waals surface area contributed by atoms with Gasteiger partial charge in [0.15, 0.2) is 0 Å². The standard InChI is InChI=1S/C35H49N9O6S/c1-6-31(35(48)36-7-2)42-32(45)24(4)37-21-29(16-25-12-9-8-10-13-25)41-34(47)27-17-26(33(46)40-23(3)28-20-38-43(5)22-28)18-30(19-27)44-15-11-14-39-51(44,49)50/h8-10,12-13,17-20,22-24,29,31,37,39H,6-7,11,14-16,21H2,1-5H3,(H,36,48)(H,40,46)(H,41,47)(H,42,45)/t23?,24-,29-,31-/m0/s1. The van der Waals surface area contributed by atoms with Crippen LogP contribution in [-0.4, -0.2) is 86.1 Å². The van der Waals surface area contributed by atoms with Crippen LogP contribution >= 0.6 is 0 Å². The highest BCUT2D eigenvalue weighted by Crippen LogP contribution is 2.25. The summed E-state index contributed by atoms with van der Waals surface area (Å²) in [5, 5.41) is 18.8. The fourth-order valence-corrected chi connectivity index (χ4v) is 6.95. The van der Waals surface area contributed by atoms with Crippen LogP contribution in [0.4, 0.5) is 5.69 Å². The Balaban J connectivity index is 1.58. The van der Waals surface area contributed by atoms with Gasteiger partial charge >= 0.3 is 10.2 Å². The number of aromatic nitrogens is 2. The van der Waals surface area contributed by atoms with Crippen molar-refractivity contribution in [3.05, 3.63) is 83.2 Å². The number of hydrogen-bond acceptors (Lipinski definition) is 8. The third kappa shape index (κ3) is 10.8. The Morgan fingerprint density at radius 3 is 2.24 bits per heavy atom. The number of aryl methyl sites for hydroxylation is 1. The molecule has 0 radical (unpaired) electrons. The molecule has 1 unspecified atom stereocenters. The molecule has 0 aliphatic carbocycles. The second kappa shape index (κ2) is 17.9. The van der Waals surface area contributed by atoms with Crippen LogP contribution in [0.25, 0.3) is 0 Å². The van der Waals surface area contributed by atoms with Crippen LogP contribution in [0.15, 0.2) is 60.9 Å². The molecule has 6 N–H and O–H groups in total. The number of benzene rings is 2. The summed E-state index contributed by atoms with van der Waals surface area (Å²) >= 11 is 0. The average molecular weight is 724 g/mol. The Hall–Kier alpha value is -4.80. The molecule has 2 heterocycles. The van der Waals surface area contributed by atoms with E-state index in [-0.39, 0.29) is 48.3 Å². The molecule has 1 aromatic heterocycles. The van der Waals surface area contributed by atoms with Gasteiger partial charge in [-0.05, 0) is 63.8 Å². The van der Waals surface area contributed by atoms with E-state index in [4.69, 9.17) is 0 Å². The topological polar surface area (TPSA) is 196 Å². The van der Waals surface area contributed by atoms with Crippen LogP contribution < -0.4 is 35.6 Å². The summed E-state index contributed by atoms with van der Waals surface area (Å²) in [6.07, 6.45) is 4.79. The van der Waals surface area contributed by atoms with Gasteiger partial charge in [0.2, 0.25) is 11.8 Å². The Kier molecular flexibility index (Phi) is 13.7. The van der Waals surface area contributed by atoms with Crippen molar-refractivity contribution >= 4 is 39.5 Å². The minimum Gasteiger partial charge on any atom is -0.355 e. The maximum Gasteiger partial charge on any atom is 0.301 e. The molecule has 15 nitrogen and oxygen atoms in total. The average Bonchev–Trinajstić information content (AvgIpc) is 3.55. The first-order valence-corrected chi connectivity index (χ1v) is 18.6. The molecule has 1 fully saturated rings. The van der Waals surface area contributed by atoms with Gasteiger partial charge in [-0.25, -0.2) is 0 Å². The minimum absolute atomic E-state index is 0.0871. The molecule has 276 valence electrons. The summed E-state index contributed by atoms with van der Waals surface area (Å²) < 4.78 is 31.3. The Bertz CT molecular complexity index is 1780. The summed E-state index contributed by atoms with van der Waals surface area (Å²) in [7, 11) is -2.13. The molecule has 4 amide bonds. The first-order chi connectivity index (χ1) is 24.3. The second-order valence-corrected chi connectivity index (χ2v) is 14.3. The molecule has 1 aliphatic heterocycles. The first kappa shape index (κ1) is 39.0. The lowest BCUT2D eigenvalue weighted by Crippen LogP contribution is -2.53. The number of anilines is 1. The van der Waals surface area contributed by atoms with E-state index in [1.165, 1.54) is 18.2 Å². The molecule has 4 atom stereocenters. The monoisotopic (exact) mass is 723 g/mol. The maximum absolute atomic E-state index is 14.0. The van der Waals surface area contributed by atoms with E-state index >= 15 is 0 Å². The summed E-state index contributed by atoms with van der Waals surface area (Å²) in [4.78, 5) is 52.9. The highest BCUT2D eigenvalue weighted by molar-refractivity contribution is 7.90. The van der Waals surface area contributed by atoms with Crippen molar-refractivity contribution in [3.8, 4) is 0 Å². The summed E-state index contributed by atoms with van der Waals surface area (Å²) in [6.45, 7) is 8.19. The van der Waals surface area contributed by atoms with Gasteiger partial charge in [0.05, 0.1) is 24.0 Å². The molecule has 1 aliphatic rings. The predicted octanol–water partition coefficient (Wildman–Crippen LogP) is 1.31. The van der Waals surface area contributed by atoms with Gasteiger partial charge < -0.3 is 26.6 Å². The molecular weight excluding hydrogens is 675 g/mol. The number of likely N-dealkylation sites (N-methyl/N-ethyl adjacent to an activating group) is 1. The molecule has 0 saturated carbocycles. The zero-order chi connectivity index (χ0) is 37.1. The maximum atomic E-state index is 14.0. The molecule has 4 rings (SSSR count). The molecule has 0 bridgehead atoms. The van der Waals surface area contributed by atoms with Gasteiger partial charge in [0.1, 0.15) is 6.04 Å². The highest BCUT2D eigenvalue weighted by atomic mass is 32.2. The van der Waals surface area contributed by atoms with Gasteiger partial charge in [-0.3, -0.25) is 28.2 Å². The molecule has 0 spiro atoms. The van der Waals surface area contributed by atoms with E-state index in [1.807, 2.05) is 37.3 Å². The largest absolute Gasteiger partial charge is 0.355 e. The Labute approximate surface area is 299 Å².